The average Bonchev–Trinajstić information content (AvgIpc) is 2.70. The second-order valence-corrected chi connectivity index (χ2v) is 4.56. The Hall–Kier alpha value is -2.12. The van der Waals surface area contributed by atoms with Crippen LogP contribution in [-0.2, 0) is 19.2 Å². The number of hydrogen-bond donors (Lipinski definition) is 1. The molecular weight excluding hydrogens is 256 g/mol. The molecule has 0 aliphatic carbocycles. The number of carboxylic acid groups (broad SMARTS) is 1. The zero-order valence-corrected chi connectivity index (χ0v) is 10.2. The number of imide groups is 1. The van der Waals surface area contributed by atoms with Crippen molar-refractivity contribution in [3.8, 4) is 0 Å². The van der Waals surface area contributed by atoms with Gasteiger partial charge in [0.2, 0.25) is 0 Å². The lowest BCUT2D eigenvalue weighted by Gasteiger charge is -2.29. The molecule has 0 saturated carbocycles. The minimum atomic E-state index is -1.09. The molecule has 2 rings (SSSR count). The van der Waals surface area contributed by atoms with E-state index in [2.05, 4.69) is 0 Å². The minimum Gasteiger partial charge on any atom is -0.465 e. The zero-order valence-electron chi connectivity index (χ0n) is 10.2. The van der Waals surface area contributed by atoms with Gasteiger partial charge >= 0.3 is 12.1 Å². The number of amides is 3. The van der Waals surface area contributed by atoms with Gasteiger partial charge in [0.1, 0.15) is 0 Å². The Bertz CT molecular complexity index is 419. The fourth-order valence-electron chi connectivity index (χ4n) is 2.17. The monoisotopic (exact) mass is 270 g/mol. The second-order valence-electron chi connectivity index (χ2n) is 4.56. The maximum Gasteiger partial charge on any atom is 0.407 e. The van der Waals surface area contributed by atoms with Crippen LogP contribution in [0, 0.1) is 5.92 Å². The molecule has 104 valence electrons. The molecule has 0 aromatic rings. The number of hydrogen-bond acceptors (Lipinski definition) is 5. The van der Waals surface area contributed by atoms with Crippen LogP contribution in [-0.4, -0.2) is 52.0 Å². The first-order valence-corrected chi connectivity index (χ1v) is 6.04. The second kappa shape index (κ2) is 5.25. The quantitative estimate of drug-likeness (QED) is 0.707. The zero-order chi connectivity index (χ0) is 14.0. The predicted octanol–water partition coefficient (Wildman–Crippen LogP) is -0.0164. The predicted molar refractivity (Wildman–Crippen MR) is 59.5 cm³/mol. The van der Waals surface area contributed by atoms with Gasteiger partial charge in [0.25, 0.3) is 11.8 Å². The number of hydroxylamine groups is 2. The van der Waals surface area contributed by atoms with Crippen molar-refractivity contribution in [3.63, 3.8) is 0 Å². The molecule has 1 unspecified atom stereocenters. The number of rotatable bonds is 2. The van der Waals surface area contributed by atoms with E-state index in [-0.39, 0.29) is 19.4 Å². The summed E-state index contributed by atoms with van der Waals surface area (Å²) in [5, 5.41) is 9.35. The Balaban J connectivity index is 1.94. The highest BCUT2D eigenvalue weighted by Crippen LogP contribution is 2.20. The molecule has 0 spiro atoms. The Morgan fingerprint density at radius 2 is 1.84 bits per heavy atom. The summed E-state index contributed by atoms with van der Waals surface area (Å²) in [5.74, 6) is -2.44. The molecule has 0 radical (unpaired) electrons. The molecule has 2 heterocycles. The van der Waals surface area contributed by atoms with Crippen LogP contribution in [0.5, 0.6) is 0 Å². The number of carbonyl (C=O) groups excluding carboxylic acids is 3. The average molecular weight is 270 g/mol. The third-order valence-electron chi connectivity index (χ3n) is 3.21. The lowest BCUT2D eigenvalue weighted by molar-refractivity contribution is -0.201. The van der Waals surface area contributed by atoms with Gasteiger partial charge in [-0.1, -0.05) is 0 Å². The van der Waals surface area contributed by atoms with Crippen molar-refractivity contribution in [3.05, 3.63) is 0 Å². The van der Waals surface area contributed by atoms with Crippen LogP contribution in [0.2, 0.25) is 0 Å². The summed E-state index contributed by atoms with van der Waals surface area (Å²) < 4.78 is 0. The molecule has 8 heteroatoms. The van der Waals surface area contributed by atoms with Gasteiger partial charge in [-0.2, -0.15) is 0 Å². The maximum atomic E-state index is 11.8. The first kappa shape index (κ1) is 13.3. The van der Waals surface area contributed by atoms with Crippen LogP contribution < -0.4 is 0 Å². The van der Waals surface area contributed by atoms with Crippen molar-refractivity contribution in [2.75, 3.05) is 13.1 Å². The topological polar surface area (TPSA) is 104 Å². The van der Waals surface area contributed by atoms with E-state index in [0.29, 0.717) is 24.4 Å². The molecule has 2 saturated heterocycles. The van der Waals surface area contributed by atoms with E-state index in [0.717, 1.165) is 4.90 Å². The van der Waals surface area contributed by atoms with Gasteiger partial charge in [0, 0.05) is 25.9 Å². The maximum absolute atomic E-state index is 11.8. The Kier molecular flexibility index (Phi) is 3.68. The van der Waals surface area contributed by atoms with E-state index in [9.17, 15) is 19.2 Å². The molecule has 2 aliphatic rings. The van der Waals surface area contributed by atoms with Crippen molar-refractivity contribution in [2.45, 2.75) is 25.7 Å². The van der Waals surface area contributed by atoms with Crippen molar-refractivity contribution < 1.29 is 29.1 Å². The molecule has 8 nitrogen and oxygen atoms in total. The summed E-state index contributed by atoms with van der Waals surface area (Å²) in [5.41, 5.74) is 0. The van der Waals surface area contributed by atoms with Gasteiger partial charge in [-0.15, -0.1) is 5.06 Å². The summed E-state index contributed by atoms with van der Waals surface area (Å²) in [7, 11) is 0. The smallest absolute Gasteiger partial charge is 0.407 e. The molecule has 2 fully saturated rings. The SMILES string of the molecule is O=C(ON1C(=O)CCC1=O)C1CCCN(C(=O)O)C1. The van der Waals surface area contributed by atoms with Crippen LogP contribution >= 0.6 is 0 Å². The highest BCUT2D eigenvalue weighted by Gasteiger charge is 2.36. The summed E-state index contributed by atoms with van der Waals surface area (Å²) >= 11 is 0. The molecule has 0 aromatic carbocycles. The molecule has 1 atom stereocenters. The van der Waals surface area contributed by atoms with Crippen molar-refractivity contribution in [1.29, 1.82) is 0 Å². The first-order chi connectivity index (χ1) is 8.99. The fourth-order valence-corrected chi connectivity index (χ4v) is 2.17. The number of nitrogens with zero attached hydrogens (tertiary/aromatic N) is 2. The molecule has 0 bridgehead atoms. The highest BCUT2D eigenvalue weighted by molar-refractivity contribution is 6.01. The van der Waals surface area contributed by atoms with Crippen molar-refractivity contribution in [1.82, 2.24) is 9.96 Å². The van der Waals surface area contributed by atoms with Gasteiger partial charge < -0.3 is 14.8 Å². The van der Waals surface area contributed by atoms with E-state index in [4.69, 9.17) is 9.94 Å². The fraction of sp³-hybridized carbons (Fsp3) is 0.636. The van der Waals surface area contributed by atoms with Gasteiger partial charge in [0.05, 0.1) is 5.92 Å². The van der Waals surface area contributed by atoms with Crippen LogP contribution in [0.4, 0.5) is 4.79 Å². The van der Waals surface area contributed by atoms with E-state index in [1.54, 1.807) is 0 Å². The summed E-state index contributed by atoms with van der Waals surface area (Å²) in [6.07, 6.45) is 0.0221. The molecule has 19 heavy (non-hydrogen) atoms. The number of likely N-dealkylation sites (tertiary alicyclic amines) is 1. The largest absolute Gasteiger partial charge is 0.465 e. The van der Waals surface area contributed by atoms with Crippen molar-refractivity contribution in [2.24, 2.45) is 5.92 Å². The number of carbonyl (C=O) groups is 4. The Morgan fingerprint density at radius 1 is 1.21 bits per heavy atom. The van der Waals surface area contributed by atoms with E-state index >= 15 is 0 Å². The lowest BCUT2D eigenvalue weighted by Crippen LogP contribution is -2.44. The highest BCUT2D eigenvalue weighted by atomic mass is 16.7. The van der Waals surface area contributed by atoms with Crippen molar-refractivity contribution >= 4 is 23.9 Å². The third-order valence-corrected chi connectivity index (χ3v) is 3.21. The van der Waals surface area contributed by atoms with Crippen LogP contribution in [0.3, 0.4) is 0 Å². The molecule has 2 aliphatic heterocycles. The summed E-state index contributed by atoms with van der Waals surface area (Å²) in [6, 6.07) is 0. The number of piperidine rings is 1. The molecule has 0 aromatic heterocycles. The van der Waals surface area contributed by atoms with E-state index in [1.165, 1.54) is 0 Å². The Morgan fingerprint density at radius 3 is 2.42 bits per heavy atom. The van der Waals surface area contributed by atoms with Gasteiger partial charge in [-0.3, -0.25) is 9.59 Å². The molecular formula is C11H14N2O6. The van der Waals surface area contributed by atoms with Crippen LogP contribution in [0.15, 0.2) is 0 Å². The summed E-state index contributed by atoms with van der Waals surface area (Å²) in [4.78, 5) is 51.2. The van der Waals surface area contributed by atoms with Crippen LogP contribution in [0.25, 0.3) is 0 Å². The van der Waals surface area contributed by atoms with E-state index in [1.807, 2.05) is 0 Å². The van der Waals surface area contributed by atoms with Gasteiger partial charge in [-0.25, -0.2) is 9.59 Å². The third kappa shape index (κ3) is 2.83. The van der Waals surface area contributed by atoms with Gasteiger partial charge in [-0.05, 0) is 12.8 Å². The first-order valence-electron chi connectivity index (χ1n) is 6.04. The molecule has 1 N–H and O–H groups in total. The van der Waals surface area contributed by atoms with Gasteiger partial charge in [0.15, 0.2) is 0 Å². The standard InChI is InChI=1S/C11H14N2O6/c14-8-3-4-9(15)13(8)19-10(16)7-2-1-5-12(6-7)11(17)18/h7H,1-6H2,(H,17,18). The summed E-state index contributed by atoms with van der Waals surface area (Å²) in [6.45, 7) is 0.408. The lowest BCUT2D eigenvalue weighted by atomic mass is 9.99. The van der Waals surface area contributed by atoms with Crippen LogP contribution in [0.1, 0.15) is 25.7 Å². The normalized spacial score (nSPS) is 23.7. The van der Waals surface area contributed by atoms with E-state index < -0.39 is 29.8 Å². The minimum absolute atomic E-state index is 0.0321. The Labute approximate surface area is 108 Å². The molecule has 3 amide bonds.